The van der Waals surface area contributed by atoms with Crippen molar-refractivity contribution in [1.82, 2.24) is 0 Å². The maximum absolute atomic E-state index is 11.9. The molecular formula is C13H10O2. The van der Waals surface area contributed by atoms with Crippen molar-refractivity contribution in [3.8, 4) is 0 Å². The Morgan fingerprint density at radius 1 is 1.20 bits per heavy atom. The number of carbonyl (C=O) groups is 1. The lowest BCUT2D eigenvalue weighted by Crippen LogP contribution is -2.11. The molecule has 0 saturated heterocycles. The summed E-state index contributed by atoms with van der Waals surface area (Å²) in [5, 5.41) is 0. The molecule has 0 N–H and O–H groups in total. The van der Waals surface area contributed by atoms with Crippen LogP contribution >= 0.6 is 0 Å². The molecule has 1 aliphatic heterocycles. The van der Waals surface area contributed by atoms with Gasteiger partial charge in [0, 0.05) is 23.1 Å². The smallest absolute Gasteiger partial charge is 0.192 e. The highest BCUT2D eigenvalue weighted by atomic mass is 16.5. The molecule has 0 saturated carbocycles. The highest BCUT2D eigenvalue weighted by molar-refractivity contribution is 6.33. The Morgan fingerprint density at radius 2 is 1.93 bits per heavy atom. The average Bonchev–Trinajstić information content (AvgIpc) is 2.75. The minimum atomic E-state index is 0.0428. The van der Waals surface area contributed by atoms with Gasteiger partial charge in [-0.2, -0.15) is 0 Å². The van der Waals surface area contributed by atoms with Gasteiger partial charge in [-0.25, -0.2) is 0 Å². The SMILES string of the molecule is C=C1C(=O)C2=C(OCC2)c2ccccc21. The zero-order valence-corrected chi connectivity index (χ0v) is 8.25. The summed E-state index contributed by atoms with van der Waals surface area (Å²) in [6.45, 7) is 4.47. The van der Waals surface area contributed by atoms with E-state index in [4.69, 9.17) is 4.74 Å². The Bertz CT molecular complexity index is 509. The lowest BCUT2D eigenvalue weighted by atomic mass is 9.86. The molecule has 0 radical (unpaired) electrons. The summed E-state index contributed by atoms with van der Waals surface area (Å²) in [7, 11) is 0. The minimum Gasteiger partial charge on any atom is -0.492 e. The van der Waals surface area contributed by atoms with Gasteiger partial charge in [0.15, 0.2) is 5.78 Å². The van der Waals surface area contributed by atoms with Crippen molar-refractivity contribution >= 4 is 17.1 Å². The molecule has 15 heavy (non-hydrogen) atoms. The van der Waals surface area contributed by atoms with Gasteiger partial charge < -0.3 is 4.74 Å². The molecule has 0 atom stereocenters. The quantitative estimate of drug-likeness (QED) is 0.598. The molecule has 2 aliphatic rings. The number of Topliss-reactive ketones (excluding diaryl/α,β-unsaturated/α-hetero) is 1. The first-order chi connectivity index (χ1) is 7.29. The number of carbonyl (C=O) groups excluding carboxylic acids is 1. The summed E-state index contributed by atoms with van der Waals surface area (Å²) in [6, 6.07) is 7.76. The highest BCUT2D eigenvalue weighted by Crippen LogP contribution is 2.39. The van der Waals surface area contributed by atoms with Gasteiger partial charge >= 0.3 is 0 Å². The lowest BCUT2D eigenvalue weighted by Gasteiger charge is -2.18. The maximum atomic E-state index is 11.9. The fraction of sp³-hybridized carbons (Fsp3) is 0.154. The second-order valence-electron chi connectivity index (χ2n) is 3.76. The van der Waals surface area contributed by atoms with Gasteiger partial charge in [-0.15, -0.1) is 0 Å². The number of allylic oxidation sites excluding steroid dienone is 1. The zero-order chi connectivity index (χ0) is 10.4. The van der Waals surface area contributed by atoms with E-state index < -0.39 is 0 Å². The summed E-state index contributed by atoms with van der Waals surface area (Å²) in [4.78, 5) is 11.9. The first-order valence-corrected chi connectivity index (χ1v) is 4.98. The van der Waals surface area contributed by atoms with Crippen LogP contribution in [0.1, 0.15) is 17.5 Å². The summed E-state index contributed by atoms with van der Waals surface area (Å²) < 4.78 is 5.52. The van der Waals surface area contributed by atoms with E-state index >= 15 is 0 Å². The number of hydrogen-bond donors (Lipinski definition) is 0. The van der Waals surface area contributed by atoms with Crippen LogP contribution in [-0.4, -0.2) is 12.4 Å². The van der Waals surface area contributed by atoms with Crippen molar-refractivity contribution in [3.05, 3.63) is 47.5 Å². The molecule has 1 aliphatic carbocycles. The monoisotopic (exact) mass is 198 g/mol. The van der Waals surface area contributed by atoms with Crippen LogP contribution in [0.3, 0.4) is 0 Å². The van der Waals surface area contributed by atoms with Gasteiger partial charge in [-0.1, -0.05) is 30.8 Å². The van der Waals surface area contributed by atoms with Crippen LogP contribution in [0.2, 0.25) is 0 Å². The lowest BCUT2D eigenvalue weighted by molar-refractivity contribution is -0.110. The van der Waals surface area contributed by atoms with Crippen molar-refractivity contribution in [2.75, 3.05) is 6.61 Å². The van der Waals surface area contributed by atoms with E-state index in [1.807, 2.05) is 24.3 Å². The standard InChI is InChI=1S/C13H10O2/c1-8-9-4-2-3-5-10(9)13-11(12(8)14)6-7-15-13/h2-5H,1,6-7H2. The fourth-order valence-corrected chi connectivity index (χ4v) is 2.16. The predicted molar refractivity (Wildman–Crippen MR) is 58.0 cm³/mol. The van der Waals surface area contributed by atoms with Gasteiger partial charge in [0.25, 0.3) is 0 Å². The van der Waals surface area contributed by atoms with Crippen molar-refractivity contribution in [2.24, 2.45) is 0 Å². The molecule has 0 aromatic heterocycles. The summed E-state index contributed by atoms with van der Waals surface area (Å²) >= 11 is 0. The molecule has 1 heterocycles. The number of ether oxygens (including phenoxy) is 1. The molecule has 1 aromatic carbocycles. The highest BCUT2D eigenvalue weighted by Gasteiger charge is 2.32. The third-order valence-electron chi connectivity index (χ3n) is 2.92. The van der Waals surface area contributed by atoms with Crippen LogP contribution in [0, 0.1) is 0 Å². The molecule has 3 rings (SSSR count). The van der Waals surface area contributed by atoms with Gasteiger partial charge in [-0.3, -0.25) is 4.79 Å². The van der Waals surface area contributed by atoms with Crippen molar-refractivity contribution in [3.63, 3.8) is 0 Å². The zero-order valence-electron chi connectivity index (χ0n) is 8.25. The molecule has 74 valence electrons. The summed E-state index contributed by atoms with van der Waals surface area (Å²) in [5.41, 5.74) is 3.30. The van der Waals surface area contributed by atoms with Gasteiger partial charge in [0.2, 0.25) is 0 Å². The Hall–Kier alpha value is -1.83. The van der Waals surface area contributed by atoms with Crippen LogP contribution in [0.25, 0.3) is 11.3 Å². The molecule has 1 aromatic rings. The number of hydrogen-bond acceptors (Lipinski definition) is 2. The van der Waals surface area contributed by atoms with Crippen LogP contribution in [0.15, 0.2) is 36.4 Å². The Balaban J connectivity index is 2.32. The van der Waals surface area contributed by atoms with Gasteiger partial charge in [-0.05, 0) is 5.56 Å². The maximum Gasteiger partial charge on any atom is 0.192 e. The summed E-state index contributed by atoms with van der Waals surface area (Å²) in [6.07, 6.45) is 0.710. The van der Waals surface area contributed by atoms with Crippen LogP contribution < -0.4 is 0 Å². The minimum absolute atomic E-state index is 0.0428. The Morgan fingerprint density at radius 3 is 2.73 bits per heavy atom. The second kappa shape index (κ2) is 2.83. The molecule has 2 heteroatoms. The fourth-order valence-electron chi connectivity index (χ4n) is 2.16. The Labute approximate surface area is 87.9 Å². The molecule has 0 spiro atoms. The van der Waals surface area contributed by atoms with E-state index in [9.17, 15) is 4.79 Å². The summed E-state index contributed by atoms with van der Waals surface area (Å²) in [5.74, 6) is 0.809. The van der Waals surface area contributed by atoms with Crippen molar-refractivity contribution in [2.45, 2.75) is 6.42 Å². The van der Waals surface area contributed by atoms with E-state index in [1.165, 1.54) is 0 Å². The number of benzene rings is 1. The third-order valence-corrected chi connectivity index (χ3v) is 2.92. The van der Waals surface area contributed by atoms with E-state index in [-0.39, 0.29) is 5.78 Å². The van der Waals surface area contributed by atoms with E-state index in [2.05, 4.69) is 6.58 Å². The second-order valence-corrected chi connectivity index (χ2v) is 3.76. The van der Waals surface area contributed by atoms with Crippen molar-refractivity contribution < 1.29 is 9.53 Å². The predicted octanol–water partition coefficient (Wildman–Crippen LogP) is 2.41. The third kappa shape index (κ3) is 1.02. The van der Waals surface area contributed by atoms with Gasteiger partial charge in [0.05, 0.1) is 6.61 Å². The molecule has 0 bridgehead atoms. The largest absolute Gasteiger partial charge is 0.492 e. The molecule has 0 fully saturated rings. The van der Waals surface area contributed by atoms with Gasteiger partial charge in [0.1, 0.15) is 5.76 Å². The number of ketones is 1. The van der Waals surface area contributed by atoms with E-state index in [0.29, 0.717) is 18.6 Å². The van der Waals surface area contributed by atoms with Crippen LogP contribution in [0.4, 0.5) is 0 Å². The van der Waals surface area contributed by atoms with Crippen molar-refractivity contribution in [1.29, 1.82) is 0 Å². The normalized spacial score (nSPS) is 18.7. The van der Waals surface area contributed by atoms with E-state index in [0.717, 1.165) is 22.5 Å². The number of rotatable bonds is 0. The molecule has 0 unspecified atom stereocenters. The number of fused-ring (bicyclic) bond motifs is 2. The van der Waals surface area contributed by atoms with E-state index in [1.54, 1.807) is 0 Å². The topological polar surface area (TPSA) is 26.3 Å². The Kier molecular flexibility index (Phi) is 1.60. The first-order valence-electron chi connectivity index (χ1n) is 4.98. The van der Waals surface area contributed by atoms with Crippen LogP contribution in [-0.2, 0) is 9.53 Å². The molecule has 0 amide bonds. The molecule has 2 nitrogen and oxygen atoms in total. The first kappa shape index (κ1) is 8.48. The van der Waals surface area contributed by atoms with Crippen LogP contribution in [0.5, 0.6) is 0 Å². The average molecular weight is 198 g/mol. The molecular weight excluding hydrogens is 188 g/mol.